The highest BCUT2D eigenvalue weighted by molar-refractivity contribution is 6.34. The van der Waals surface area contributed by atoms with Crippen molar-refractivity contribution in [3.8, 4) is 0 Å². The van der Waals surface area contributed by atoms with Crippen molar-refractivity contribution in [1.82, 2.24) is 4.90 Å². The van der Waals surface area contributed by atoms with Crippen LogP contribution in [0.25, 0.3) is 0 Å². The zero-order valence-corrected chi connectivity index (χ0v) is 10.9. The van der Waals surface area contributed by atoms with E-state index in [4.69, 9.17) is 28.3 Å². The molecule has 0 aliphatic heterocycles. The van der Waals surface area contributed by atoms with E-state index >= 15 is 0 Å². The highest BCUT2D eigenvalue weighted by atomic mass is 35.5. The molecule has 1 N–H and O–H groups in total. The minimum Gasteiger partial charge on any atom is -0.396 e. The van der Waals surface area contributed by atoms with Crippen molar-refractivity contribution in [1.29, 1.82) is 0 Å². The molecular formula is C12H17Cl2NO. The van der Waals surface area contributed by atoms with Crippen LogP contribution >= 0.6 is 23.2 Å². The zero-order valence-electron chi connectivity index (χ0n) is 9.42. The van der Waals surface area contributed by atoms with Gasteiger partial charge in [-0.25, -0.2) is 0 Å². The van der Waals surface area contributed by atoms with Crippen LogP contribution < -0.4 is 0 Å². The maximum atomic E-state index is 8.69. The lowest BCUT2D eigenvalue weighted by atomic mass is 10.2. The van der Waals surface area contributed by atoms with Crippen molar-refractivity contribution < 1.29 is 5.11 Å². The van der Waals surface area contributed by atoms with Gasteiger partial charge in [0.25, 0.3) is 0 Å². The van der Waals surface area contributed by atoms with E-state index in [1.54, 1.807) is 6.07 Å². The fraction of sp³-hybridized carbons (Fsp3) is 0.500. The number of hydrogen-bond donors (Lipinski definition) is 1. The topological polar surface area (TPSA) is 23.5 Å². The van der Waals surface area contributed by atoms with Gasteiger partial charge in [0.1, 0.15) is 0 Å². The van der Waals surface area contributed by atoms with E-state index in [1.165, 1.54) is 0 Å². The second-order valence-corrected chi connectivity index (χ2v) is 4.82. The lowest BCUT2D eigenvalue weighted by Gasteiger charge is -2.16. The molecule has 2 nitrogen and oxygen atoms in total. The summed E-state index contributed by atoms with van der Waals surface area (Å²) in [5, 5.41) is 10.0. The van der Waals surface area contributed by atoms with Crippen LogP contribution in [0.2, 0.25) is 10.0 Å². The molecule has 1 rings (SSSR count). The van der Waals surface area contributed by atoms with Crippen molar-refractivity contribution in [2.75, 3.05) is 20.2 Å². The molecule has 0 atom stereocenters. The monoisotopic (exact) mass is 261 g/mol. The van der Waals surface area contributed by atoms with Crippen LogP contribution in [0.5, 0.6) is 0 Å². The summed E-state index contributed by atoms with van der Waals surface area (Å²) in [6.45, 7) is 2.05. The van der Waals surface area contributed by atoms with Gasteiger partial charge in [0.15, 0.2) is 0 Å². The van der Waals surface area contributed by atoms with E-state index < -0.39 is 0 Å². The van der Waals surface area contributed by atoms with Gasteiger partial charge in [0, 0.05) is 23.2 Å². The van der Waals surface area contributed by atoms with E-state index in [1.807, 2.05) is 19.2 Å². The van der Waals surface area contributed by atoms with Gasteiger partial charge in [-0.1, -0.05) is 23.2 Å². The number of unbranched alkanes of at least 4 members (excludes halogenated alkanes) is 1. The maximum Gasteiger partial charge on any atom is 0.0431 e. The maximum absolute atomic E-state index is 8.69. The first-order valence-corrected chi connectivity index (χ1v) is 6.12. The molecule has 0 bridgehead atoms. The van der Waals surface area contributed by atoms with Gasteiger partial charge in [-0.15, -0.1) is 0 Å². The van der Waals surface area contributed by atoms with Crippen molar-refractivity contribution in [3.05, 3.63) is 33.8 Å². The SMILES string of the molecule is CN(CCCCO)Cc1cc(Cl)cc(Cl)c1. The van der Waals surface area contributed by atoms with Crippen LogP contribution in [-0.4, -0.2) is 30.2 Å². The summed E-state index contributed by atoms with van der Waals surface area (Å²) in [6, 6.07) is 5.59. The number of hydrogen-bond acceptors (Lipinski definition) is 2. The predicted octanol–water partition coefficient (Wildman–Crippen LogP) is 3.20. The molecule has 4 heteroatoms. The molecular weight excluding hydrogens is 245 g/mol. The second kappa shape index (κ2) is 7.13. The van der Waals surface area contributed by atoms with Crippen molar-refractivity contribution >= 4 is 23.2 Å². The number of halogens is 2. The van der Waals surface area contributed by atoms with E-state index in [0.29, 0.717) is 10.0 Å². The molecule has 0 heterocycles. The van der Waals surface area contributed by atoms with Crippen molar-refractivity contribution in [2.45, 2.75) is 19.4 Å². The summed E-state index contributed by atoms with van der Waals surface area (Å²) >= 11 is 11.8. The Balaban J connectivity index is 2.45. The van der Waals surface area contributed by atoms with E-state index in [-0.39, 0.29) is 6.61 Å². The molecule has 0 radical (unpaired) electrons. The van der Waals surface area contributed by atoms with Crippen LogP contribution in [-0.2, 0) is 6.54 Å². The largest absolute Gasteiger partial charge is 0.396 e. The third-order valence-corrected chi connectivity index (χ3v) is 2.76. The summed E-state index contributed by atoms with van der Waals surface area (Å²) in [6.07, 6.45) is 1.85. The van der Waals surface area contributed by atoms with Crippen molar-refractivity contribution in [3.63, 3.8) is 0 Å². The fourth-order valence-corrected chi connectivity index (χ4v) is 2.16. The van der Waals surface area contributed by atoms with Crippen LogP contribution in [0.1, 0.15) is 18.4 Å². The lowest BCUT2D eigenvalue weighted by molar-refractivity contribution is 0.261. The lowest BCUT2D eigenvalue weighted by Crippen LogP contribution is -2.19. The predicted molar refractivity (Wildman–Crippen MR) is 69.1 cm³/mol. The molecule has 1 aromatic rings. The molecule has 0 amide bonds. The third-order valence-electron chi connectivity index (χ3n) is 2.32. The molecule has 16 heavy (non-hydrogen) atoms. The van der Waals surface area contributed by atoms with Crippen LogP contribution in [0.3, 0.4) is 0 Å². The van der Waals surface area contributed by atoms with Crippen molar-refractivity contribution in [2.24, 2.45) is 0 Å². The molecule has 0 aliphatic carbocycles. The normalized spacial score (nSPS) is 11.1. The molecule has 0 aliphatic rings. The number of aliphatic hydroxyl groups is 1. The number of benzene rings is 1. The minimum absolute atomic E-state index is 0.261. The summed E-state index contributed by atoms with van der Waals surface area (Å²) in [7, 11) is 2.05. The Morgan fingerprint density at radius 1 is 1.12 bits per heavy atom. The van der Waals surface area contributed by atoms with E-state index in [9.17, 15) is 0 Å². The van der Waals surface area contributed by atoms with Crippen LogP contribution in [0.15, 0.2) is 18.2 Å². The standard InChI is InChI=1S/C12H17Cl2NO/c1-15(4-2-3-5-16)9-10-6-11(13)8-12(14)7-10/h6-8,16H,2-5,9H2,1H3. The average Bonchev–Trinajstić information content (AvgIpc) is 2.16. The average molecular weight is 262 g/mol. The summed E-state index contributed by atoms with van der Waals surface area (Å²) < 4.78 is 0. The van der Waals surface area contributed by atoms with Gasteiger partial charge in [-0.3, -0.25) is 0 Å². The zero-order chi connectivity index (χ0) is 12.0. The van der Waals surface area contributed by atoms with Gasteiger partial charge in [-0.2, -0.15) is 0 Å². The molecule has 0 spiro atoms. The Hall–Kier alpha value is -0.280. The highest BCUT2D eigenvalue weighted by Crippen LogP contribution is 2.19. The van der Waals surface area contributed by atoms with Gasteiger partial charge >= 0.3 is 0 Å². The van der Waals surface area contributed by atoms with E-state index in [2.05, 4.69) is 4.90 Å². The van der Waals surface area contributed by atoms with E-state index in [0.717, 1.165) is 31.5 Å². The van der Waals surface area contributed by atoms with Gasteiger partial charge in [0.2, 0.25) is 0 Å². The summed E-state index contributed by atoms with van der Waals surface area (Å²) in [5.41, 5.74) is 1.11. The third kappa shape index (κ3) is 5.17. The molecule has 0 fully saturated rings. The molecule has 0 unspecified atom stereocenters. The number of nitrogens with zero attached hydrogens (tertiary/aromatic N) is 1. The Kier molecular flexibility index (Phi) is 6.14. The summed E-state index contributed by atoms with van der Waals surface area (Å²) in [4.78, 5) is 2.19. The number of rotatable bonds is 6. The Morgan fingerprint density at radius 2 is 1.75 bits per heavy atom. The Bertz CT molecular complexity index is 311. The molecule has 1 aromatic carbocycles. The second-order valence-electron chi connectivity index (χ2n) is 3.95. The fourth-order valence-electron chi connectivity index (χ4n) is 1.59. The van der Waals surface area contributed by atoms with Gasteiger partial charge in [-0.05, 0) is 50.2 Å². The Labute approximate surface area is 107 Å². The minimum atomic E-state index is 0.261. The van der Waals surface area contributed by atoms with Gasteiger partial charge < -0.3 is 10.0 Å². The highest BCUT2D eigenvalue weighted by Gasteiger charge is 2.02. The molecule has 90 valence electrons. The first-order valence-electron chi connectivity index (χ1n) is 5.36. The van der Waals surface area contributed by atoms with Gasteiger partial charge in [0.05, 0.1) is 0 Å². The van der Waals surface area contributed by atoms with Crippen LogP contribution in [0, 0.1) is 0 Å². The van der Waals surface area contributed by atoms with Crippen LogP contribution in [0.4, 0.5) is 0 Å². The molecule has 0 saturated carbocycles. The first kappa shape index (κ1) is 13.8. The quantitative estimate of drug-likeness (QED) is 0.796. The first-order chi connectivity index (χ1) is 7.61. The summed E-state index contributed by atoms with van der Waals surface area (Å²) in [5.74, 6) is 0. The Morgan fingerprint density at radius 3 is 2.31 bits per heavy atom. The molecule has 0 aromatic heterocycles. The smallest absolute Gasteiger partial charge is 0.0431 e. The molecule has 0 saturated heterocycles. The number of aliphatic hydroxyl groups excluding tert-OH is 1.